The van der Waals surface area contributed by atoms with Crippen molar-refractivity contribution in [3.05, 3.63) is 82.7 Å². The molecule has 0 radical (unpaired) electrons. The van der Waals surface area contributed by atoms with Crippen LogP contribution in [0.15, 0.2) is 85.6 Å². The topological polar surface area (TPSA) is 92.0 Å². The summed E-state index contributed by atoms with van der Waals surface area (Å²) in [6.45, 7) is 1.35. The summed E-state index contributed by atoms with van der Waals surface area (Å²) in [5.74, 6) is 0.542. The van der Waals surface area contributed by atoms with Gasteiger partial charge < -0.3 is 4.42 Å². The average Bonchev–Trinajstić information content (AvgIpc) is 3.04. The van der Waals surface area contributed by atoms with Gasteiger partial charge in [-0.15, -0.1) is 0 Å². The van der Waals surface area contributed by atoms with E-state index < -0.39 is 22.5 Å². The number of nitrogens with one attached hydrogen (secondary N) is 1. The molecular weight excluding hydrogens is 458 g/mol. The van der Waals surface area contributed by atoms with Gasteiger partial charge in [-0.1, -0.05) is 36.4 Å². The molecule has 29 heavy (non-hydrogen) atoms. The highest BCUT2D eigenvalue weighted by Gasteiger charge is 2.26. The minimum atomic E-state index is -3.93. The lowest BCUT2D eigenvalue weighted by atomic mass is 10.3. The molecule has 150 valence electrons. The SMILES string of the molecule is Cc1oc(/C=N/NC(=O)CN(c2ccccc2)S(=O)(=O)c2ccccc2)cc1Br. The Morgan fingerprint density at radius 3 is 2.34 bits per heavy atom. The van der Waals surface area contributed by atoms with E-state index >= 15 is 0 Å². The summed E-state index contributed by atoms with van der Waals surface area (Å²) in [4.78, 5) is 12.5. The highest BCUT2D eigenvalue weighted by atomic mass is 79.9. The smallest absolute Gasteiger partial charge is 0.264 e. The number of halogens is 1. The van der Waals surface area contributed by atoms with Crippen LogP contribution in [0.5, 0.6) is 0 Å². The fourth-order valence-electron chi connectivity index (χ4n) is 2.51. The summed E-state index contributed by atoms with van der Waals surface area (Å²) in [7, 11) is -3.93. The van der Waals surface area contributed by atoms with Crippen LogP contribution in [0.2, 0.25) is 0 Å². The number of anilines is 1. The maximum absolute atomic E-state index is 13.1. The van der Waals surface area contributed by atoms with E-state index in [2.05, 4.69) is 26.5 Å². The van der Waals surface area contributed by atoms with E-state index in [0.717, 1.165) is 8.78 Å². The summed E-state index contributed by atoms with van der Waals surface area (Å²) in [5.41, 5.74) is 2.71. The van der Waals surface area contributed by atoms with Crippen molar-refractivity contribution in [3.8, 4) is 0 Å². The quantitative estimate of drug-likeness (QED) is 0.416. The van der Waals surface area contributed by atoms with E-state index in [1.54, 1.807) is 61.5 Å². The highest BCUT2D eigenvalue weighted by Crippen LogP contribution is 2.23. The lowest BCUT2D eigenvalue weighted by Crippen LogP contribution is -2.39. The maximum Gasteiger partial charge on any atom is 0.264 e. The van der Waals surface area contributed by atoms with Crippen molar-refractivity contribution in [1.29, 1.82) is 0 Å². The van der Waals surface area contributed by atoms with Crippen LogP contribution < -0.4 is 9.73 Å². The molecule has 0 unspecified atom stereocenters. The van der Waals surface area contributed by atoms with Gasteiger partial charge in [0.1, 0.15) is 18.1 Å². The molecular formula is C20H18BrN3O4S. The zero-order valence-corrected chi connectivity index (χ0v) is 17.9. The highest BCUT2D eigenvalue weighted by molar-refractivity contribution is 9.10. The van der Waals surface area contributed by atoms with Crippen LogP contribution in [0.25, 0.3) is 0 Å². The number of hydrogen-bond acceptors (Lipinski definition) is 5. The maximum atomic E-state index is 13.1. The van der Waals surface area contributed by atoms with Gasteiger partial charge in [0.15, 0.2) is 0 Å². The van der Waals surface area contributed by atoms with E-state index in [4.69, 9.17) is 4.42 Å². The van der Waals surface area contributed by atoms with Crippen molar-refractivity contribution in [2.24, 2.45) is 5.10 Å². The second-order valence-electron chi connectivity index (χ2n) is 6.01. The number of sulfonamides is 1. The van der Waals surface area contributed by atoms with Gasteiger partial charge in [-0.25, -0.2) is 13.8 Å². The standard InChI is InChI=1S/C20H18BrN3O4S/c1-15-19(21)12-17(28-15)13-22-23-20(25)14-24(16-8-4-2-5-9-16)29(26,27)18-10-6-3-7-11-18/h2-13H,14H2,1H3,(H,23,25)/b22-13+. The van der Waals surface area contributed by atoms with Gasteiger partial charge in [0.05, 0.1) is 21.3 Å². The van der Waals surface area contributed by atoms with E-state index in [1.807, 2.05) is 0 Å². The van der Waals surface area contributed by atoms with Crippen molar-refractivity contribution in [3.63, 3.8) is 0 Å². The van der Waals surface area contributed by atoms with Gasteiger partial charge in [-0.3, -0.25) is 9.10 Å². The Bertz CT molecular complexity index is 1090. The monoisotopic (exact) mass is 475 g/mol. The summed E-state index contributed by atoms with van der Waals surface area (Å²) in [6.07, 6.45) is 1.34. The van der Waals surface area contributed by atoms with E-state index in [-0.39, 0.29) is 4.90 Å². The predicted octanol–water partition coefficient (Wildman–Crippen LogP) is 3.70. The molecule has 1 N–H and O–H groups in total. The Kier molecular flexibility index (Phi) is 6.50. The molecule has 0 aliphatic carbocycles. The molecule has 0 spiro atoms. The Hall–Kier alpha value is -2.91. The van der Waals surface area contributed by atoms with Crippen LogP contribution in [0.1, 0.15) is 11.5 Å². The van der Waals surface area contributed by atoms with Crippen LogP contribution in [-0.4, -0.2) is 27.1 Å². The lowest BCUT2D eigenvalue weighted by molar-refractivity contribution is -0.119. The Morgan fingerprint density at radius 2 is 1.76 bits per heavy atom. The van der Waals surface area contributed by atoms with Crippen LogP contribution in [0, 0.1) is 6.92 Å². The Morgan fingerprint density at radius 1 is 1.14 bits per heavy atom. The molecule has 0 saturated carbocycles. The number of amides is 1. The molecule has 9 heteroatoms. The molecule has 7 nitrogen and oxygen atoms in total. The third-order valence-corrected chi connectivity index (χ3v) is 6.50. The largest absolute Gasteiger partial charge is 0.459 e. The number of hydrogen-bond donors (Lipinski definition) is 1. The fourth-order valence-corrected chi connectivity index (χ4v) is 4.26. The van der Waals surface area contributed by atoms with Gasteiger partial charge in [0.2, 0.25) is 0 Å². The van der Waals surface area contributed by atoms with Crippen molar-refractivity contribution >= 4 is 43.8 Å². The molecule has 0 saturated heterocycles. The first-order valence-corrected chi connectivity index (χ1v) is 10.8. The van der Waals surface area contributed by atoms with Crippen molar-refractivity contribution in [1.82, 2.24) is 5.43 Å². The van der Waals surface area contributed by atoms with Crippen LogP contribution in [0.3, 0.4) is 0 Å². The molecule has 1 aromatic heterocycles. The molecule has 0 aliphatic rings. The first-order valence-electron chi connectivity index (χ1n) is 8.58. The van der Waals surface area contributed by atoms with Gasteiger partial charge in [-0.05, 0) is 47.1 Å². The minimum absolute atomic E-state index is 0.0936. The molecule has 2 aromatic carbocycles. The number of para-hydroxylation sites is 1. The summed E-state index contributed by atoms with van der Waals surface area (Å²) >= 11 is 3.32. The number of aryl methyl sites for hydroxylation is 1. The number of carbonyl (C=O) groups excluding carboxylic acids is 1. The third-order valence-electron chi connectivity index (χ3n) is 3.92. The number of hydrazone groups is 1. The van der Waals surface area contributed by atoms with Crippen molar-refractivity contribution in [2.75, 3.05) is 10.8 Å². The van der Waals surface area contributed by atoms with Gasteiger partial charge in [0.25, 0.3) is 15.9 Å². The lowest BCUT2D eigenvalue weighted by Gasteiger charge is -2.23. The first kappa shape index (κ1) is 20.8. The van der Waals surface area contributed by atoms with E-state index in [1.165, 1.54) is 18.3 Å². The first-order chi connectivity index (χ1) is 13.9. The van der Waals surface area contributed by atoms with Gasteiger partial charge >= 0.3 is 0 Å². The molecule has 3 rings (SSSR count). The number of carbonyl (C=O) groups is 1. The number of rotatable bonds is 7. The van der Waals surface area contributed by atoms with Gasteiger partial charge in [-0.2, -0.15) is 5.10 Å². The van der Waals surface area contributed by atoms with Crippen molar-refractivity contribution < 1.29 is 17.6 Å². The molecule has 0 bridgehead atoms. The minimum Gasteiger partial charge on any atom is -0.459 e. The van der Waals surface area contributed by atoms with Crippen LogP contribution >= 0.6 is 15.9 Å². The van der Waals surface area contributed by atoms with Crippen molar-refractivity contribution in [2.45, 2.75) is 11.8 Å². The molecule has 0 aliphatic heterocycles. The average molecular weight is 476 g/mol. The van der Waals surface area contributed by atoms with Crippen LogP contribution in [0.4, 0.5) is 5.69 Å². The summed E-state index contributed by atoms with van der Waals surface area (Å²) < 4.78 is 33.4. The summed E-state index contributed by atoms with van der Waals surface area (Å²) in [5, 5.41) is 3.84. The molecule has 1 heterocycles. The number of furan rings is 1. The fraction of sp³-hybridized carbons (Fsp3) is 0.100. The van der Waals surface area contributed by atoms with E-state index in [0.29, 0.717) is 17.2 Å². The molecule has 1 amide bonds. The zero-order valence-electron chi connectivity index (χ0n) is 15.4. The number of nitrogens with zero attached hydrogens (tertiary/aromatic N) is 2. The molecule has 0 atom stereocenters. The Labute approximate surface area is 177 Å². The second-order valence-corrected chi connectivity index (χ2v) is 8.72. The zero-order chi connectivity index (χ0) is 20.9. The second kappa shape index (κ2) is 9.06. The van der Waals surface area contributed by atoms with Gasteiger partial charge in [0, 0.05) is 6.07 Å². The molecule has 3 aromatic rings. The van der Waals surface area contributed by atoms with Crippen LogP contribution in [-0.2, 0) is 14.8 Å². The molecule has 0 fully saturated rings. The van der Waals surface area contributed by atoms with E-state index in [9.17, 15) is 13.2 Å². The predicted molar refractivity (Wildman–Crippen MR) is 114 cm³/mol. The Balaban J connectivity index is 1.79. The number of benzene rings is 2. The summed E-state index contributed by atoms with van der Waals surface area (Å²) in [6, 6.07) is 18.1. The third kappa shape index (κ3) is 5.12. The normalized spacial score (nSPS) is 11.5.